The Balaban J connectivity index is 2.15. The molecular weight excluding hydrogens is 250 g/mol. The minimum absolute atomic E-state index is 0.167. The number of aromatic hydroxyl groups is 2. The van der Waals surface area contributed by atoms with Crippen molar-refractivity contribution in [2.45, 2.75) is 6.42 Å². The minimum atomic E-state index is -0.284. The summed E-state index contributed by atoms with van der Waals surface area (Å²) in [6, 6.07) is 8.54. The lowest BCUT2D eigenvalue weighted by Crippen LogP contribution is -2.04. The van der Waals surface area contributed by atoms with E-state index in [1.54, 1.807) is 0 Å². The first-order chi connectivity index (χ1) is 9.11. The molecule has 2 rings (SSSR count). The van der Waals surface area contributed by atoms with Crippen LogP contribution in [-0.4, -0.2) is 27.0 Å². The van der Waals surface area contributed by atoms with E-state index in [4.69, 9.17) is 4.84 Å². The molecule has 0 amide bonds. The van der Waals surface area contributed by atoms with E-state index in [9.17, 15) is 19.8 Å². The summed E-state index contributed by atoms with van der Waals surface area (Å²) in [6.07, 6.45) is 0.377. The van der Waals surface area contributed by atoms with Gasteiger partial charge in [-0.1, -0.05) is 0 Å². The normalized spacial score (nSPS) is 10.1. The third kappa shape index (κ3) is 2.74. The molecule has 0 bridgehead atoms. The van der Waals surface area contributed by atoms with Crippen LogP contribution in [0.5, 0.6) is 17.5 Å². The number of nitrogens with zero attached hydrogens (tertiary/aromatic N) is 1. The lowest BCUT2D eigenvalue weighted by molar-refractivity contribution is -0.107. The molecule has 6 nitrogen and oxygen atoms in total. The van der Waals surface area contributed by atoms with E-state index in [0.717, 1.165) is 4.73 Å². The minimum Gasteiger partial charge on any atom is -0.492 e. The fraction of sp³-hybridized carbons (Fsp3) is 0.0769. The van der Waals surface area contributed by atoms with Crippen LogP contribution in [0.2, 0.25) is 0 Å². The highest BCUT2D eigenvalue weighted by molar-refractivity contribution is 6.02. The average Bonchev–Trinajstić information content (AvgIpc) is 2.72. The summed E-state index contributed by atoms with van der Waals surface area (Å²) < 4.78 is 0.836. The summed E-state index contributed by atoms with van der Waals surface area (Å²) in [5, 5.41) is 18.8. The van der Waals surface area contributed by atoms with E-state index < -0.39 is 0 Å². The van der Waals surface area contributed by atoms with Crippen molar-refractivity contribution in [3.05, 3.63) is 42.0 Å². The van der Waals surface area contributed by atoms with Crippen molar-refractivity contribution in [3.8, 4) is 17.5 Å². The second kappa shape index (κ2) is 5.26. The lowest BCUT2D eigenvalue weighted by atomic mass is 10.1. The van der Waals surface area contributed by atoms with Gasteiger partial charge in [0.15, 0.2) is 11.5 Å². The quantitative estimate of drug-likeness (QED) is 0.484. The lowest BCUT2D eigenvalue weighted by Gasteiger charge is -2.08. The van der Waals surface area contributed by atoms with Crippen molar-refractivity contribution in [3.63, 3.8) is 0 Å². The SMILES string of the molecule is O=CCC(=O)c1ccc(On2c(O)ccc2O)cc1. The van der Waals surface area contributed by atoms with Gasteiger partial charge in [-0.15, -0.1) is 4.73 Å². The zero-order chi connectivity index (χ0) is 13.8. The third-order valence-electron chi connectivity index (χ3n) is 2.44. The third-order valence-corrected chi connectivity index (χ3v) is 2.44. The number of hydrogen-bond donors (Lipinski definition) is 2. The van der Waals surface area contributed by atoms with Gasteiger partial charge in [0.2, 0.25) is 11.8 Å². The number of hydrogen-bond acceptors (Lipinski definition) is 5. The number of benzene rings is 1. The molecule has 0 aliphatic heterocycles. The molecule has 0 saturated carbocycles. The van der Waals surface area contributed by atoms with Gasteiger partial charge in [-0.3, -0.25) is 4.79 Å². The van der Waals surface area contributed by atoms with Gasteiger partial charge in [0.25, 0.3) is 0 Å². The molecule has 19 heavy (non-hydrogen) atoms. The van der Waals surface area contributed by atoms with Crippen molar-refractivity contribution in [1.29, 1.82) is 0 Å². The van der Waals surface area contributed by atoms with Crippen LogP contribution in [0.15, 0.2) is 36.4 Å². The zero-order valence-corrected chi connectivity index (χ0v) is 9.81. The topological polar surface area (TPSA) is 88.8 Å². The smallest absolute Gasteiger partial charge is 0.229 e. The predicted octanol–water partition coefficient (Wildman–Crippen LogP) is 1.51. The second-order valence-corrected chi connectivity index (χ2v) is 3.75. The van der Waals surface area contributed by atoms with Gasteiger partial charge in [0, 0.05) is 17.7 Å². The first-order valence-corrected chi connectivity index (χ1v) is 5.46. The Morgan fingerprint density at radius 1 is 1.11 bits per heavy atom. The van der Waals surface area contributed by atoms with Gasteiger partial charge in [-0.05, 0) is 24.3 Å². The summed E-state index contributed by atoms with van der Waals surface area (Å²) in [6.45, 7) is 0. The van der Waals surface area contributed by atoms with Crippen LogP contribution in [0.4, 0.5) is 0 Å². The van der Waals surface area contributed by atoms with Crippen molar-refractivity contribution in [1.82, 2.24) is 4.73 Å². The number of aromatic nitrogens is 1. The molecule has 0 atom stereocenters. The van der Waals surface area contributed by atoms with Crippen LogP contribution in [0.1, 0.15) is 16.8 Å². The van der Waals surface area contributed by atoms with Crippen LogP contribution in [0, 0.1) is 0 Å². The van der Waals surface area contributed by atoms with Crippen LogP contribution in [-0.2, 0) is 4.79 Å². The Bertz CT molecular complexity index is 580. The monoisotopic (exact) mass is 261 g/mol. The Hall–Kier alpha value is -2.76. The number of aldehydes is 1. The van der Waals surface area contributed by atoms with Gasteiger partial charge in [0.05, 0.1) is 6.42 Å². The van der Waals surface area contributed by atoms with Crippen LogP contribution in [0.25, 0.3) is 0 Å². The van der Waals surface area contributed by atoms with E-state index >= 15 is 0 Å². The van der Waals surface area contributed by atoms with Crippen LogP contribution >= 0.6 is 0 Å². The first-order valence-electron chi connectivity index (χ1n) is 5.46. The Labute approximate surface area is 108 Å². The Kier molecular flexibility index (Phi) is 3.51. The molecule has 6 heteroatoms. The van der Waals surface area contributed by atoms with E-state index in [2.05, 4.69) is 0 Å². The number of Topliss-reactive ketones (excluding diaryl/α,β-unsaturated/α-hetero) is 1. The molecule has 1 heterocycles. The molecule has 0 saturated heterocycles. The maximum absolute atomic E-state index is 11.4. The molecule has 2 N–H and O–H groups in total. The predicted molar refractivity (Wildman–Crippen MR) is 65.2 cm³/mol. The van der Waals surface area contributed by atoms with Crippen molar-refractivity contribution < 1.29 is 24.6 Å². The summed E-state index contributed by atoms with van der Waals surface area (Å²) >= 11 is 0. The fourth-order valence-electron chi connectivity index (χ4n) is 1.50. The average molecular weight is 261 g/mol. The molecule has 0 unspecified atom stereocenters. The summed E-state index contributed by atoms with van der Waals surface area (Å²) in [5.74, 6) is -0.463. The zero-order valence-electron chi connectivity index (χ0n) is 9.81. The molecule has 98 valence electrons. The summed E-state index contributed by atoms with van der Waals surface area (Å²) in [5.41, 5.74) is 0.389. The molecule has 0 spiro atoms. The standard InChI is InChI=1S/C13H11NO5/c15-8-7-11(16)9-1-3-10(4-2-9)19-14-12(17)5-6-13(14)18/h1-6,8,17-18H,7H2. The maximum Gasteiger partial charge on any atom is 0.229 e. The molecular formula is C13H11NO5. The van der Waals surface area contributed by atoms with Gasteiger partial charge in [0.1, 0.15) is 6.29 Å². The highest BCUT2D eigenvalue weighted by Crippen LogP contribution is 2.23. The van der Waals surface area contributed by atoms with Gasteiger partial charge in [-0.2, -0.15) is 0 Å². The van der Waals surface area contributed by atoms with Crippen molar-refractivity contribution >= 4 is 12.1 Å². The van der Waals surface area contributed by atoms with E-state index in [1.807, 2.05) is 0 Å². The molecule has 1 aromatic heterocycles. The summed E-state index contributed by atoms with van der Waals surface area (Å²) in [7, 11) is 0. The maximum atomic E-state index is 11.4. The molecule has 0 aliphatic rings. The van der Waals surface area contributed by atoms with Crippen LogP contribution < -0.4 is 4.84 Å². The van der Waals surface area contributed by atoms with Crippen molar-refractivity contribution in [2.24, 2.45) is 0 Å². The molecule has 0 fully saturated rings. The number of ketones is 1. The van der Waals surface area contributed by atoms with E-state index in [-0.39, 0.29) is 24.0 Å². The first kappa shape index (κ1) is 12.7. The molecule has 0 radical (unpaired) electrons. The second-order valence-electron chi connectivity index (χ2n) is 3.75. The Morgan fingerprint density at radius 3 is 2.21 bits per heavy atom. The highest BCUT2D eigenvalue weighted by atomic mass is 16.7. The number of rotatable bonds is 5. The van der Waals surface area contributed by atoms with Crippen molar-refractivity contribution in [2.75, 3.05) is 0 Å². The van der Waals surface area contributed by atoms with Gasteiger partial charge >= 0.3 is 0 Å². The molecule has 2 aromatic rings. The Morgan fingerprint density at radius 2 is 1.68 bits per heavy atom. The van der Waals surface area contributed by atoms with Gasteiger partial charge < -0.3 is 19.8 Å². The van der Waals surface area contributed by atoms with Crippen LogP contribution in [0.3, 0.4) is 0 Å². The summed E-state index contributed by atoms with van der Waals surface area (Å²) in [4.78, 5) is 26.9. The van der Waals surface area contributed by atoms with E-state index in [1.165, 1.54) is 36.4 Å². The highest BCUT2D eigenvalue weighted by Gasteiger charge is 2.09. The molecule has 0 aliphatic carbocycles. The molecule has 1 aromatic carbocycles. The fourth-order valence-corrected chi connectivity index (χ4v) is 1.50. The number of carbonyl (C=O) groups excluding carboxylic acids is 2. The number of carbonyl (C=O) groups is 2. The largest absolute Gasteiger partial charge is 0.492 e. The van der Waals surface area contributed by atoms with E-state index in [0.29, 0.717) is 17.6 Å². The van der Waals surface area contributed by atoms with Gasteiger partial charge in [-0.25, -0.2) is 0 Å².